The average Bonchev–Trinajstić information content (AvgIpc) is 2.78. The van der Waals surface area contributed by atoms with Crippen LogP contribution in [0.15, 0.2) is 51.9 Å². The lowest BCUT2D eigenvalue weighted by molar-refractivity contribution is -0.0498. The third kappa shape index (κ3) is 6.94. The van der Waals surface area contributed by atoms with Crippen molar-refractivity contribution in [1.29, 1.82) is 0 Å². The van der Waals surface area contributed by atoms with Crippen molar-refractivity contribution in [3.63, 3.8) is 0 Å². The fourth-order valence-corrected chi connectivity index (χ4v) is 3.73. The van der Waals surface area contributed by atoms with Gasteiger partial charge in [-0.2, -0.15) is 8.78 Å². The number of aromatic hydroxyl groups is 1. The molecule has 1 aromatic heterocycles. The second-order valence-electron chi connectivity index (χ2n) is 8.02. The molecule has 5 nitrogen and oxygen atoms in total. The van der Waals surface area contributed by atoms with E-state index in [4.69, 9.17) is 9.15 Å². The molecule has 0 atom stereocenters. The van der Waals surface area contributed by atoms with Crippen LogP contribution in [0.4, 0.5) is 8.78 Å². The average molecular weight is 461 g/mol. The van der Waals surface area contributed by atoms with Gasteiger partial charge in [-0.05, 0) is 24.1 Å². The van der Waals surface area contributed by atoms with Crippen molar-refractivity contribution in [2.45, 2.75) is 64.9 Å². The molecule has 3 rings (SSSR count). The molecule has 0 radical (unpaired) electrons. The number of halogens is 2. The third-order valence-corrected chi connectivity index (χ3v) is 5.49. The minimum atomic E-state index is -3.05. The molecule has 0 fully saturated rings. The highest BCUT2D eigenvalue weighted by atomic mass is 19.3. The lowest BCUT2D eigenvalue weighted by Gasteiger charge is -2.09. The van der Waals surface area contributed by atoms with Crippen LogP contribution < -0.4 is 14.9 Å². The molecule has 0 saturated carbocycles. The van der Waals surface area contributed by atoms with Crippen LogP contribution in [-0.4, -0.2) is 18.3 Å². The molecule has 2 aromatic carbocycles. The van der Waals surface area contributed by atoms with Gasteiger partial charge in [0.2, 0.25) is 5.43 Å². The summed E-state index contributed by atoms with van der Waals surface area (Å²) in [5.74, 6) is -0.0588. The van der Waals surface area contributed by atoms with Gasteiger partial charge in [0.15, 0.2) is 0 Å². The molecule has 0 aliphatic rings. The van der Waals surface area contributed by atoms with E-state index < -0.39 is 17.8 Å². The van der Waals surface area contributed by atoms with Crippen LogP contribution in [0.3, 0.4) is 0 Å². The minimum Gasteiger partial charge on any atom is -0.507 e. The number of ether oxygens (including phenoxy) is 2. The van der Waals surface area contributed by atoms with E-state index in [0.717, 1.165) is 25.0 Å². The summed E-state index contributed by atoms with van der Waals surface area (Å²) in [5, 5.41) is 10.1. The highest BCUT2D eigenvalue weighted by Crippen LogP contribution is 2.31. The molecule has 1 N–H and O–H groups in total. The monoisotopic (exact) mass is 460 g/mol. The van der Waals surface area contributed by atoms with Crippen LogP contribution in [0, 0.1) is 0 Å². The van der Waals surface area contributed by atoms with Crippen molar-refractivity contribution in [3.8, 4) is 28.4 Å². The van der Waals surface area contributed by atoms with Gasteiger partial charge in [0.25, 0.3) is 0 Å². The number of rotatable bonds is 13. The van der Waals surface area contributed by atoms with Gasteiger partial charge in [0, 0.05) is 12.1 Å². The summed E-state index contributed by atoms with van der Waals surface area (Å²) in [6.07, 6.45) is 11.1. The molecule has 33 heavy (non-hydrogen) atoms. The van der Waals surface area contributed by atoms with Gasteiger partial charge in [-0.3, -0.25) is 4.79 Å². The number of fused-ring (bicyclic) bond motifs is 1. The second-order valence-corrected chi connectivity index (χ2v) is 8.02. The summed E-state index contributed by atoms with van der Waals surface area (Å²) in [6.45, 7) is -0.190. The predicted octanol–water partition coefficient (Wildman–Crippen LogP) is 7.29. The first-order valence-corrected chi connectivity index (χ1v) is 11.5. The Morgan fingerprint density at radius 3 is 2.27 bits per heavy atom. The van der Waals surface area contributed by atoms with Crippen molar-refractivity contribution in [1.82, 2.24) is 0 Å². The standard InChI is InChI=1S/C26H30F2O5/c1-2-3-4-5-6-7-8-9-14-31-19-12-10-18(11-13-19)21-17-32-23-16-20(33-26(27)28)15-22(29)24(23)25(21)30/h10-13,15-17,26,29H,2-9,14H2,1H3. The molecule has 7 heteroatoms. The number of benzene rings is 2. The zero-order valence-electron chi connectivity index (χ0n) is 18.8. The fraction of sp³-hybridized carbons (Fsp3) is 0.423. The highest BCUT2D eigenvalue weighted by Gasteiger charge is 2.16. The Kier molecular flexibility index (Phi) is 9.10. The normalized spacial score (nSPS) is 11.3. The van der Waals surface area contributed by atoms with Crippen molar-refractivity contribution in [3.05, 3.63) is 52.9 Å². The summed E-state index contributed by atoms with van der Waals surface area (Å²) in [4.78, 5) is 12.9. The summed E-state index contributed by atoms with van der Waals surface area (Å²) in [7, 11) is 0. The second kappa shape index (κ2) is 12.2. The van der Waals surface area contributed by atoms with Gasteiger partial charge >= 0.3 is 6.61 Å². The first-order valence-electron chi connectivity index (χ1n) is 11.5. The molecule has 0 spiro atoms. The topological polar surface area (TPSA) is 68.9 Å². The minimum absolute atomic E-state index is 0.0373. The van der Waals surface area contributed by atoms with Gasteiger partial charge < -0.3 is 19.0 Å². The maximum atomic E-state index is 12.9. The lowest BCUT2D eigenvalue weighted by Crippen LogP contribution is -2.06. The van der Waals surface area contributed by atoms with Crippen LogP contribution in [0.2, 0.25) is 0 Å². The number of hydrogen-bond donors (Lipinski definition) is 1. The molecule has 1 heterocycles. The van der Waals surface area contributed by atoms with E-state index >= 15 is 0 Å². The van der Waals surface area contributed by atoms with Crippen molar-refractivity contribution in [2.75, 3.05) is 6.61 Å². The number of hydrogen-bond acceptors (Lipinski definition) is 5. The van der Waals surface area contributed by atoms with E-state index in [1.165, 1.54) is 44.8 Å². The maximum Gasteiger partial charge on any atom is 0.387 e. The molecule has 178 valence electrons. The third-order valence-electron chi connectivity index (χ3n) is 5.49. The van der Waals surface area contributed by atoms with Gasteiger partial charge in [-0.1, -0.05) is 64.0 Å². The van der Waals surface area contributed by atoms with Crippen LogP contribution in [0.5, 0.6) is 17.2 Å². The highest BCUT2D eigenvalue weighted by molar-refractivity contribution is 5.88. The first-order chi connectivity index (χ1) is 16.0. The van der Waals surface area contributed by atoms with Crippen molar-refractivity contribution < 1.29 is 27.8 Å². The zero-order chi connectivity index (χ0) is 23.6. The Morgan fingerprint density at radius 1 is 0.939 bits per heavy atom. The maximum absolute atomic E-state index is 12.9. The summed E-state index contributed by atoms with van der Waals surface area (Å²) < 4.78 is 40.3. The fourth-order valence-electron chi connectivity index (χ4n) is 3.73. The van der Waals surface area contributed by atoms with Crippen LogP contribution in [-0.2, 0) is 0 Å². The molecular formula is C26H30F2O5. The molecule has 0 amide bonds. The Labute approximate surface area is 192 Å². The van der Waals surface area contributed by atoms with Crippen LogP contribution in [0.25, 0.3) is 22.1 Å². The van der Waals surface area contributed by atoms with E-state index in [1.807, 2.05) is 0 Å². The van der Waals surface area contributed by atoms with Crippen molar-refractivity contribution in [2.24, 2.45) is 0 Å². The molecular weight excluding hydrogens is 430 g/mol. The van der Waals surface area contributed by atoms with E-state index in [0.29, 0.717) is 17.9 Å². The van der Waals surface area contributed by atoms with Gasteiger partial charge in [0.1, 0.15) is 34.5 Å². The van der Waals surface area contributed by atoms with Gasteiger partial charge in [-0.25, -0.2) is 0 Å². The van der Waals surface area contributed by atoms with Crippen LogP contribution >= 0.6 is 0 Å². The van der Waals surface area contributed by atoms with Crippen molar-refractivity contribution >= 4 is 11.0 Å². The Bertz CT molecular complexity index is 1080. The molecule has 0 bridgehead atoms. The van der Waals surface area contributed by atoms with E-state index in [1.54, 1.807) is 24.3 Å². The number of phenolic OH excluding ortho intramolecular Hbond substituents is 1. The molecule has 0 saturated heterocycles. The van der Waals surface area contributed by atoms with Gasteiger partial charge in [0.05, 0.1) is 12.2 Å². The van der Waals surface area contributed by atoms with E-state index in [2.05, 4.69) is 11.7 Å². The summed E-state index contributed by atoms with van der Waals surface area (Å²) in [6, 6.07) is 9.16. The number of phenols is 1. The Hall–Kier alpha value is -3.09. The quantitative estimate of drug-likeness (QED) is 0.271. The number of unbranched alkanes of at least 4 members (excludes halogenated alkanes) is 7. The molecule has 0 aliphatic carbocycles. The number of alkyl halides is 2. The van der Waals surface area contributed by atoms with Crippen LogP contribution in [0.1, 0.15) is 58.3 Å². The van der Waals surface area contributed by atoms with E-state index in [9.17, 15) is 18.7 Å². The predicted molar refractivity (Wildman–Crippen MR) is 124 cm³/mol. The Morgan fingerprint density at radius 2 is 1.61 bits per heavy atom. The summed E-state index contributed by atoms with van der Waals surface area (Å²) >= 11 is 0. The largest absolute Gasteiger partial charge is 0.507 e. The smallest absolute Gasteiger partial charge is 0.387 e. The molecule has 0 aliphatic heterocycles. The Balaban J connectivity index is 1.59. The summed E-state index contributed by atoms with van der Waals surface area (Å²) in [5.41, 5.74) is 0.335. The molecule has 0 unspecified atom stereocenters. The SMILES string of the molecule is CCCCCCCCCCOc1ccc(-c2coc3cc(OC(F)F)cc(O)c3c2=O)cc1. The first kappa shape index (κ1) is 24.6. The molecule has 3 aromatic rings. The van der Waals surface area contributed by atoms with E-state index in [-0.39, 0.29) is 22.3 Å². The zero-order valence-corrected chi connectivity index (χ0v) is 18.8. The lowest BCUT2D eigenvalue weighted by atomic mass is 10.0. The van der Waals surface area contributed by atoms with Gasteiger partial charge in [-0.15, -0.1) is 0 Å².